The molecule has 1 heterocycles. The molecule has 0 aliphatic carbocycles. The van der Waals surface area contributed by atoms with Gasteiger partial charge in [0.15, 0.2) is 0 Å². The maximum absolute atomic E-state index is 11.8. The first-order chi connectivity index (χ1) is 7.35. The van der Waals surface area contributed by atoms with E-state index in [4.69, 9.17) is 0 Å². The average molecular weight is 258 g/mol. The highest BCUT2D eigenvalue weighted by molar-refractivity contribution is 7.90. The van der Waals surface area contributed by atoms with Crippen LogP contribution in [0, 0.1) is 0 Å². The summed E-state index contributed by atoms with van der Waals surface area (Å²) in [5, 5.41) is 0.148. The number of aromatic nitrogens is 2. The zero-order valence-electron chi connectivity index (χ0n) is 11.7. The van der Waals surface area contributed by atoms with Gasteiger partial charge in [0, 0.05) is 22.9 Å². The standard InChI is InChI=1S/C12H22N2O2S/c1-11(2,3)9-8-13-10(17(7,15)16)14(9)12(4,5)6/h8H,1-7H3. The quantitative estimate of drug-likeness (QED) is 0.777. The molecule has 4 nitrogen and oxygen atoms in total. The molecule has 1 aromatic heterocycles. The van der Waals surface area contributed by atoms with Crippen LogP contribution in [-0.2, 0) is 20.8 Å². The molecule has 1 rings (SSSR count). The predicted octanol–water partition coefficient (Wildman–Crippen LogP) is 2.34. The highest BCUT2D eigenvalue weighted by Gasteiger charge is 2.31. The molecule has 0 unspecified atom stereocenters. The molecule has 0 saturated heterocycles. The minimum absolute atomic E-state index is 0.136. The predicted molar refractivity (Wildman–Crippen MR) is 69.0 cm³/mol. The van der Waals surface area contributed by atoms with Gasteiger partial charge in [-0.25, -0.2) is 13.4 Å². The molecule has 0 aliphatic rings. The maximum Gasteiger partial charge on any atom is 0.228 e. The summed E-state index contributed by atoms with van der Waals surface area (Å²) in [7, 11) is -3.30. The molecule has 0 saturated carbocycles. The fourth-order valence-electron chi connectivity index (χ4n) is 1.77. The lowest BCUT2D eigenvalue weighted by Gasteiger charge is -2.30. The smallest absolute Gasteiger partial charge is 0.228 e. The van der Waals surface area contributed by atoms with Crippen molar-refractivity contribution in [3.05, 3.63) is 11.9 Å². The number of hydrogen-bond acceptors (Lipinski definition) is 3. The summed E-state index contributed by atoms with van der Waals surface area (Å²) < 4.78 is 25.3. The second-order valence-electron chi connectivity index (χ2n) is 6.45. The first kappa shape index (κ1) is 14.2. The molecule has 0 N–H and O–H groups in total. The Balaban J connectivity index is 3.65. The topological polar surface area (TPSA) is 52.0 Å². The summed E-state index contributed by atoms with van der Waals surface area (Å²) in [5.41, 5.74) is 0.492. The van der Waals surface area contributed by atoms with E-state index >= 15 is 0 Å². The van der Waals surface area contributed by atoms with Gasteiger partial charge in [-0.15, -0.1) is 0 Å². The minimum Gasteiger partial charge on any atom is -0.313 e. The van der Waals surface area contributed by atoms with Crippen LogP contribution in [0.4, 0.5) is 0 Å². The summed E-state index contributed by atoms with van der Waals surface area (Å²) in [4.78, 5) is 4.10. The van der Waals surface area contributed by atoms with Gasteiger partial charge < -0.3 is 4.57 Å². The zero-order chi connectivity index (χ0) is 13.6. The van der Waals surface area contributed by atoms with Crippen LogP contribution >= 0.6 is 0 Å². The minimum atomic E-state index is -3.30. The van der Waals surface area contributed by atoms with E-state index in [9.17, 15) is 8.42 Å². The van der Waals surface area contributed by atoms with Crippen molar-refractivity contribution in [3.8, 4) is 0 Å². The molecule has 0 bridgehead atoms. The fraction of sp³-hybridized carbons (Fsp3) is 0.750. The molecule has 0 atom stereocenters. The van der Waals surface area contributed by atoms with Crippen LogP contribution in [0.25, 0.3) is 0 Å². The van der Waals surface area contributed by atoms with Gasteiger partial charge in [-0.1, -0.05) is 20.8 Å². The molecule has 98 valence electrons. The molecule has 5 heteroatoms. The lowest BCUT2D eigenvalue weighted by atomic mass is 9.91. The van der Waals surface area contributed by atoms with Crippen molar-refractivity contribution < 1.29 is 8.42 Å². The molecule has 0 spiro atoms. The Morgan fingerprint density at radius 1 is 1.12 bits per heavy atom. The molecule has 0 amide bonds. The number of hydrogen-bond donors (Lipinski definition) is 0. The van der Waals surface area contributed by atoms with Gasteiger partial charge in [-0.2, -0.15) is 0 Å². The SMILES string of the molecule is CC(C)(C)c1cnc(S(C)(=O)=O)n1C(C)(C)C. The van der Waals surface area contributed by atoms with Crippen LogP contribution in [0.15, 0.2) is 11.4 Å². The van der Waals surface area contributed by atoms with Crippen molar-refractivity contribution in [2.75, 3.05) is 6.26 Å². The van der Waals surface area contributed by atoms with E-state index in [2.05, 4.69) is 25.8 Å². The van der Waals surface area contributed by atoms with Crippen LogP contribution < -0.4 is 0 Å². The van der Waals surface area contributed by atoms with E-state index in [0.29, 0.717) is 0 Å². The van der Waals surface area contributed by atoms with Crippen molar-refractivity contribution in [2.45, 2.75) is 57.7 Å². The van der Waals surface area contributed by atoms with Gasteiger partial charge in [0.1, 0.15) is 0 Å². The van der Waals surface area contributed by atoms with Crippen molar-refractivity contribution >= 4 is 9.84 Å². The average Bonchev–Trinajstić information content (AvgIpc) is 2.42. The van der Waals surface area contributed by atoms with E-state index in [1.807, 2.05) is 25.3 Å². The third kappa shape index (κ3) is 2.89. The fourth-order valence-corrected chi connectivity index (χ4v) is 2.72. The second-order valence-corrected chi connectivity index (χ2v) is 8.36. The Labute approximate surface area is 104 Å². The maximum atomic E-state index is 11.8. The number of sulfone groups is 1. The molecule has 0 radical (unpaired) electrons. The summed E-state index contributed by atoms with van der Waals surface area (Å²) in [6, 6.07) is 0. The first-order valence-corrected chi connectivity index (χ1v) is 7.53. The van der Waals surface area contributed by atoms with Crippen LogP contribution in [0.1, 0.15) is 47.2 Å². The third-order valence-corrected chi connectivity index (χ3v) is 3.45. The van der Waals surface area contributed by atoms with E-state index in [1.165, 1.54) is 6.26 Å². The van der Waals surface area contributed by atoms with Gasteiger partial charge >= 0.3 is 0 Å². The lowest BCUT2D eigenvalue weighted by Crippen LogP contribution is -2.31. The molecule has 0 aliphatic heterocycles. The molecule has 17 heavy (non-hydrogen) atoms. The van der Waals surface area contributed by atoms with Gasteiger partial charge in [0.25, 0.3) is 0 Å². The molecule has 1 aromatic rings. The largest absolute Gasteiger partial charge is 0.313 e. The highest BCUT2D eigenvalue weighted by Crippen LogP contribution is 2.30. The zero-order valence-corrected chi connectivity index (χ0v) is 12.5. The number of nitrogens with zero attached hydrogens (tertiary/aromatic N) is 2. The number of rotatable bonds is 1. The summed E-state index contributed by atoms with van der Waals surface area (Å²) in [6.45, 7) is 12.1. The molecule has 0 aromatic carbocycles. The lowest BCUT2D eigenvalue weighted by molar-refractivity contribution is 0.330. The van der Waals surface area contributed by atoms with Crippen LogP contribution in [-0.4, -0.2) is 24.2 Å². The monoisotopic (exact) mass is 258 g/mol. The van der Waals surface area contributed by atoms with Crippen molar-refractivity contribution in [1.29, 1.82) is 0 Å². The third-order valence-electron chi connectivity index (χ3n) is 2.50. The Kier molecular flexibility index (Phi) is 3.21. The van der Waals surface area contributed by atoms with Crippen molar-refractivity contribution in [2.24, 2.45) is 0 Å². The Morgan fingerprint density at radius 3 is 1.88 bits per heavy atom. The van der Waals surface area contributed by atoms with Gasteiger partial charge in [-0.05, 0) is 20.8 Å². The molecular weight excluding hydrogens is 236 g/mol. The van der Waals surface area contributed by atoms with E-state index < -0.39 is 9.84 Å². The van der Waals surface area contributed by atoms with Crippen LogP contribution in [0.5, 0.6) is 0 Å². The molecule has 0 fully saturated rings. The first-order valence-electron chi connectivity index (χ1n) is 5.64. The van der Waals surface area contributed by atoms with Crippen LogP contribution in [0.3, 0.4) is 0 Å². The van der Waals surface area contributed by atoms with Crippen molar-refractivity contribution in [3.63, 3.8) is 0 Å². The van der Waals surface area contributed by atoms with Gasteiger partial charge in [-0.3, -0.25) is 0 Å². The normalized spacial score (nSPS) is 14.1. The summed E-state index contributed by atoms with van der Waals surface area (Å²) >= 11 is 0. The second kappa shape index (κ2) is 3.83. The highest BCUT2D eigenvalue weighted by atomic mass is 32.2. The van der Waals surface area contributed by atoms with Crippen molar-refractivity contribution in [1.82, 2.24) is 9.55 Å². The summed E-state index contributed by atoms with van der Waals surface area (Å²) in [5.74, 6) is 0. The van der Waals surface area contributed by atoms with Crippen LogP contribution in [0.2, 0.25) is 0 Å². The Morgan fingerprint density at radius 2 is 1.59 bits per heavy atom. The summed E-state index contributed by atoms with van der Waals surface area (Å²) in [6.07, 6.45) is 2.87. The van der Waals surface area contributed by atoms with Gasteiger partial charge in [0.2, 0.25) is 15.0 Å². The van der Waals surface area contributed by atoms with E-state index in [-0.39, 0.29) is 16.1 Å². The molecular formula is C12H22N2O2S. The Hall–Kier alpha value is -0.840. The van der Waals surface area contributed by atoms with Gasteiger partial charge in [0.05, 0.1) is 6.20 Å². The van der Waals surface area contributed by atoms with E-state index in [1.54, 1.807) is 6.20 Å². The number of imidazole rings is 1. The van der Waals surface area contributed by atoms with E-state index in [0.717, 1.165) is 5.69 Å². The Bertz CT molecular complexity index is 514.